The van der Waals surface area contributed by atoms with Crippen molar-refractivity contribution in [2.45, 2.75) is 13.0 Å². The van der Waals surface area contributed by atoms with Gasteiger partial charge in [-0.1, -0.05) is 18.2 Å². The lowest BCUT2D eigenvalue weighted by Crippen LogP contribution is -2.09. The van der Waals surface area contributed by atoms with Gasteiger partial charge in [0.1, 0.15) is 11.6 Å². The molecule has 2 aromatic rings. The second-order valence-electron chi connectivity index (χ2n) is 3.76. The van der Waals surface area contributed by atoms with Crippen molar-refractivity contribution in [3.05, 3.63) is 59.4 Å². The average molecular weight is 231 g/mol. The predicted molar refractivity (Wildman–Crippen MR) is 64.0 cm³/mol. The minimum Gasteiger partial charge on any atom is -0.314 e. The fraction of sp³-hybridized carbons (Fsp3) is 0.231. The molecule has 0 amide bonds. The Labute approximate surface area is 99.7 Å². The van der Waals surface area contributed by atoms with Gasteiger partial charge in [0.2, 0.25) is 0 Å². The quantitative estimate of drug-likeness (QED) is 0.873. The Morgan fingerprint density at radius 1 is 1.24 bits per heavy atom. The Balaban J connectivity index is 2.18. The summed E-state index contributed by atoms with van der Waals surface area (Å²) in [5, 5.41) is 3.02. The Hall–Kier alpha value is -1.81. The molecule has 3 nitrogen and oxygen atoms in total. The topological polar surface area (TPSA) is 37.8 Å². The van der Waals surface area contributed by atoms with Gasteiger partial charge in [-0.3, -0.25) is 0 Å². The van der Waals surface area contributed by atoms with Crippen LogP contribution in [0.25, 0.3) is 0 Å². The molecule has 1 aromatic heterocycles. The molecule has 0 aliphatic carbocycles. The third-order valence-corrected chi connectivity index (χ3v) is 2.43. The van der Waals surface area contributed by atoms with Crippen molar-refractivity contribution in [3.63, 3.8) is 0 Å². The summed E-state index contributed by atoms with van der Waals surface area (Å²) >= 11 is 0. The van der Waals surface area contributed by atoms with E-state index in [0.717, 1.165) is 5.69 Å². The summed E-state index contributed by atoms with van der Waals surface area (Å²) in [6.45, 7) is 0.687. The molecule has 2 rings (SSSR count). The summed E-state index contributed by atoms with van der Waals surface area (Å²) in [5.41, 5.74) is 1.53. The van der Waals surface area contributed by atoms with Crippen LogP contribution in [0.15, 0.2) is 36.5 Å². The van der Waals surface area contributed by atoms with Gasteiger partial charge in [0.25, 0.3) is 0 Å². The minimum atomic E-state index is -0.213. The van der Waals surface area contributed by atoms with Gasteiger partial charge in [-0.2, -0.15) is 0 Å². The van der Waals surface area contributed by atoms with Gasteiger partial charge in [0.15, 0.2) is 0 Å². The van der Waals surface area contributed by atoms with Crippen LogP contribution in [0, 0.1) is 5.82 Å². The van der Waals surface area contributed by atoms with Crippen LogP contribution in [-0.2, 0) is 13.0 Å². The molecule has 0 radical (unpaired) electrons. The van der Waals surface area contributed by atoms with Crippen molar-refractivity contribution >= 4 is 0 Å². The highest BCUT2D eigenvalue weighted by atomic mass is 19.1. The molecule has 88 valence electrons. The number of halogens is 1. The van der Waals surface area contributed by atoms with E-state index in [9.17, 15) is 4.39 Å². The fourth-order valence-corrected chi connectivity index (χ4v) is 1.62. The van der Waals surface area contributed by atoms with Crippen molar-refractivity contribution in [2.24, 2.45) is 0 Å². The van der Waals surface area contributed by atoms with Gasteiger partial charge in [-0.05, 0) is 24.7 Å². The molecule has 4 heteroatoms. The molecule has 0 saturated heterocycles. The lowest BCUT2D eigenvalue weighted by atomic mass is 10.1. The van der Waals surface area contributed by atoms with Gasteiger partial charge in [-0.15, -0.1) is 0 Å². The number of aromatic nitrogens is 2. The molecule has 17 heavy (non-hydrogen) atoms. The summed E-state index contributed by atoms with van der Waals surface area (Å²) < 4.78 is 13.5. The van der Waals surface area contributed by atoms with Crippen LogP contribution in [0.1, 0.15) is 17.1 Å². The van der Waals surface area contributed by atoms with E-state index in [4.69, 9.17) is 0 Å². The monoisotopic (exact) mass is 231 g/mol. The highest BCUT2D eigenvalue weighted by molar-refractivity contribution is 5.21. The number of nitrogens with one attached hydrogen (secondary N) is 1. The summed E-state index contributed by atoms with van der Waals surface area (Å²) in [6, 6.07) is 8.55. The molecule has 0 unspecified atom stereocenters. The van der Waals surface area contributed by atoms with E-state index in [-0.39, 0.29) is 5.82 Å². The molecule has 0 spiro atoms. The minimum absolute atomic E-state index is 0.213. The SMILES string of the molecule is CNCc1ccnc(Cc2ccccc2F)n1. The Kier molecular flexibility index (Phi) is 3.77. The highest BCUT2D eigenvalue weighted by Crippen LogP contribution is 2.10. The first-order valence-corrected chi connectivity index (χ1v) is 5.48. The van der Waals surface area contributed by atoms with Gasteiger partial charge in [-0.25, -0.2) is 14.4 Å². The molecule has 0 bridgehead atoms. The van der Waals surface area contributed by atoms with E-state index in [0.29, 0.717) is 24.4 Å². The summed E-state index contributed by atoms with van der Waals surface area (Å²) in [6.07, 6.45) is 2.13. The largest absolute Gasteiger partial charge is 0.314 e. The van der Waals surface area contributed by atoms with Crippen molar-refractivity contribution in [1.82, 2.24) is 15.3 Å². The van der Waals surface area contributed by atoms with Crippen molar-refractivity contribution < 1.29 is 4.39 Å². The molecule has 1 aromatic carbocycles. The molecular weight excluding hydrogens is 217 g/mol. The molecule has 0 fully saturated rings. The molecule has 1 N–H and O–H groups in total. The van der Waals surface area contributed by atoms with Crippen LogP contribution in [0.3, 0.4) is 0 Å². The van der Waals surface area contributed by atoms with E-state index in [1.54, 1.807) is 18.3 Å². The predicted octanol–water partition coefficient (Wildman–Crippen LogP) is 1.93. The third-order valence-electron chi connectivity index (χ3n) is 2.43. The van der Waals surface area contributed by atoms with Crippen molar-refractivity contribution in [1.29, 1.82) is 0 Å². The summed E-state index contributed by atoms with van der Waals surface area (Å²) in [4.78, 5) is 8.51. The Morgan fingerprint density at radius 2 is 2.06 bits per heavy atom. The maximum Gasteiger partial charge on any atom is 0.133 e. The maximum atomic E-state index is 13.5. The van der Waals surface area contributed by atoms with Gasteiger partial charge in [0.05, 0.1) is 5.69 Å². The second kappa shape index (κ2) is 5.50. The number of hydrogen-bond donors (Lipinski definition) is 1. The third kappa shape index (κ3) is 3.07. The second-order valence-corrected chi connectivity index (χ2v) is 3.76. The van der Waals surface area contributed by atoms with Gasteiger partial charge >= 0.3 is 0 Å². The lowest BCUT2D eigenvalue weighted by molar-refractivity contribution is 0.611. The van der Waals surface area contributed by atoms with Gasteiger partial charge in [0, 0.05) is 19.2 Å². The Morgan fingerprint density at radius 3 is 2.82 bits per heavy atom. The normalized spacial score (nSPS) is 10.5. The van der Waals surface area contributed by atoms with Crippen LogP contribution < -0.4 is 5.32 Å². The number of benzene rings is 1. The average Bonchev–Trinajstić information content (AvgIpc) is 2.33. The summed E-state index contributed by atoms with van der Waals surface area (Å²) in [7, 11) is 1.86. The van der Waals surface area contributed by atoms with E-state index in [2.05, 4.69) is 15.3 Å². The fourth-order valence-electron chi connectivity index (χ4n) is 1.62. The van der Waals surface area contributed by atoms with E-state index >= 15 is 0 Å². The standard InChI is InChI=1S/C13H14FN3/c1-15-9-11-6-7-16-13(17-11)8-10-4-2-3-5-12(10)14/h2-7,15H,8-9H2,1H3. The molecule has 0 aliphatic rings. The zero-order chi connectivity index (χ0) is 12.1. The number of nitrogens with zero attached hydrogens (tertiary/aromatic N) is 2. The smallest absolute Gasteiger partial charge is 0.133 e. The van der Waals surface area contributed by atoms with Crippen molar-refractivity contribution in [2.75, 3.05) is 7.05 Å². The first kappa shape index (κ1) is 11.7. The first-order chi connectivity index (χ1) is 8.29. The van der Waals surface area contributed by atoms with E-state index in [1.807, 2.05) is 19.2 Å². The number of hydrogen-bond acceptors (Lipinski definition) is 3. The van der Waals surface area contributed by atoms with Gasteiger partial charge < -0.3 is 5.32 Å². The first-order valence-electron chi connectivity index (χ1n) is 5.48. The molecule has 0 saturated carbocycles. The van der Waals surface area contributed by atoms with E-state index in [1.165, 1.54) is 6.07 Å². The maximum absolute atomic E-state index is 13.5. The highest BCUT2D eigenvalue weighted by Gasteiger charge is 2.05. The molecule has 1 heterocycles. The van der Waals surface area contributed by atoms with Crippen LogP contribution >= 0.6 is 0 Å². The van der Waals surface area contributed by atoms with Crippen LogP contribution in [-0.4, -0.2) is 17.0 Å². The zero-order valence-electron chi connectivity index (χ0n) is 9.65. The Bertz CT molecular complexity index is 500. The lowest BCUT2D eigenvalue weighted by Gasteiger charge is -2.04. The summed E-state index contributed by atoms with van der Waals surface area (Å²) in [5.74, 6) is 0.429. The van der Waals surface area contributed by atoms with Crippen LogP contribution in [0.4, 0.5) is 4.39 Å². The van der Waals surface area contributed by atoms with Crippen molar-refractivity contribution in [3.8, 4) is 0 Å². The molecule has 0 atom stereocenters. The van der Waals surface area contributed by atoms with Crippen LogP contribution in [0.5, 0.6) is 0 Å². The molecule has 0 aliphatic heterocycles. The number of rotatable bonds is 4. The van der Waals surface area contributed by atoms with Crippen LogP contribution in [0.2, 0.25) is 0 Å². The van der Waals surface area contributed by atoms with E-state index < -0.39 is 0 Å². The molecular formula is C13H14FN3. The zero-order valence-corrected chi connectivity index (χ0v) is 9.65.